The van der Waals surface area contributed by atoms with Crippen LogP contribution in [0.1, 0.15) is 97.3 Å². The number of carbonyl (C=O) groups excluding carboxylic acids is 3. The number of rotatable bonds is 12. The molecule has 8 heteroatoms. The minimum absolute atomic E-state index is 0.0158. The Morgan fingerprint density at radius 1 is 1.14 bits per heavy atom. The van der Waals surface area contributed by atoms with Gasteiger partial charge in [-0.05, 0) is 69.9 Å². The summed E-state index contributed by atoms with van der Waals surface area (Å²) in [6.45, 7) is 4.97. The number of fused-ring (bicyclic) bond motifs is 2. The molecule has 37 heavy (non-hydrogen) atoms. The summed E-state index contributed by atoms with van der Waals surface area (Å²) in [7, 11) is 0. The van der Waals surface area contributed by atoms with Crippen LogP contribution in [0.5, 0.6) is 0 Å². The SMILES string of the molecule is CCCCCCOC(=O)C12OC1(CC(CO)=C(C)CCC1CCNC(N)C1)C(=O)C1CCCCC1C2=O. The molecule has 0 spiro atoms. The lowest BCUT2D eigenvalue weighted by Gasteiger charge is -2.37. The number of esters is 1. The van der Waals surface area contributed by atoms with Crippen molar-refractivity contribution in [3.8, 4) is 0 Å². The van der Waals surface area contributed by atoms with Gasteiger partial charge in [-0.25, -0.2) is 4.79 Å². The van der Waals surface area contributed by atoms with Crippen molar-refractivity contribution in [3.05, 3.63) is 11.1 Å². The van der Waals surface area contributed by atoms with Gasteiger partial charge < -0.3 is 25.6 Å². The Morgan fingerprint density at radius 3 is 2.54 bits per heavy atom. The van der Waals surface area contributed by atoms with Crippen molar-refractivity contribution in [1.82, 2.24) is 5.32 Å². The standard InChI is InChI=1S/C29H46N2O6/c1-3-4-5-8-15-36-27(35)29-26(34)23-10-7-6-9-22(23)25(33)28(29,37-29)17-21(18-32)19(2)11-12-20-13-14-31-24(30)16-20/h20,22-24,31-32H,3-18,30H2,1-2H3. The largest absolute Gasteiger partial charge is 0.463 e. The van der Waals surface area contributed by atoms with Crippen LogP contribution < -0.4 is 11.1 Å². The molecule has 8 nitrogen and oxygen atoms in total. The molecule has 2 aliphatic heterocycles. The van der Waals surface area contributed by atoms with Gasteiger partial charge in [0.25, 0.3) is 5.60 Å². The lowest BCUT2D eigenvalue weighted by Crippen LogP contribution is -2.58. The van der Waals surface area contributed by atoms with E-state index in [0.29, 0.717) is 24.3 Å². The molecular formula is C29H46N2O6. The first-order valence-corrected chi connectivity index (χ1v) is 14.5. The summed E-state index contributed by atoms with van der Waals surface area (Å²) < 4.78 is 11.6. The maximum atomic E-state index is 13.9. The highest BCUT2D eigenvalue weighted by molar-refractivity contribution is 6.23. The van der Waals surface area contributed by atoms with Gasteiger partial charge in [0.05, 0.1) is 19.4 Å². The number of hydrogen-bond acceptors (Lipinski definition) is 8. The zero-order chi connectivity index (χ0) is 26.6. The Bertz CT molecular complexity index is 903. The highest BCUT2D eigenvalue weighted by atomic mass is 16.7. The van der Waals surface area contributed by atoms with Crippen LogP contribution >= 0.6 is 0 Å². The number of ether oxygens (including phenoxy) is 2. The summed E-state index contributed by atoms with van der Waals surface area (Å²) in [5.74, 6) is -1.53. The highest BCUT2D eigenvalue weighted by Crippen LogP contribution is 2.62. The number of aliphatic hydroxyl groups is 1. The first-order chi connectivity index (χ1) is 17.8. The van der Waals surface area contributed by atoms with Gasteiger partial charge in [-0.2, -0.15) is 0 Å². The average molecular weight is 519 g/mol. The van der Waals surface area contributed by atoms with E-state index in [2.05, 4.69) is 12.2 Å². The number of nitrogens with two attached hydrogens (primary N) is 1. The number of ketones is 2. The van der Waals surface area contributed by atoms with E-state index in [1.807, 2.05) is 6.92 Å². The fourth-order valence-electron chi connectivity index (χ4n) is 6.91. The first-order valence-electron chi connectivity index (χ1n) is 14.5. The van der Waals surface area contributed by atoms with Gasteiger partial charge in [-0.15, -0.1) is 0 Å². The molecule has 0 aromatic rings. The van der Waals surface area contributed by atoms with Gasteiger partial charge in [0.2, 0.25) is 0 Å². The molecule has 0 aromatic carbocycles. The molecule has 2 aliphatic carbocycles. The van der Waals surface area contributed by atoms with Crippen molar-refractivity contribution >= 4 is 17.5 Å². The third kappa shape index (κ3) is 5.45. The van der Waals surface area contributed by atoms with Gasteiger partial charge in [0.1, 0.15) is 0 Å². The Morgan fingerprint density at radius 2 is 1.86 bits per heavy atom. The quantitative estimate of drug-likeness (QED) is 0.118. The van der Waals surface area contributed by atoms with Crippen LogP contribution in [-0.2, 0) is 23.9 Å². The third-order valence-corrected chi connectivity index (χ3v) is 9.29. The molecule has 6 unspecified atom stereocenters. The van der Waals surface area contributed by atoms with Crippen LogP contribution in [0.25, 0.3) is 0 Å². The number of carbonyl (C=O) groups is 3. The summed E-state index contributed by atoms with van der Waals surface area (Å²) in [6.07, 6.45) is 10.6. The number of piperidine rings is 1. The van der Waals surface area contributed by atoms with Crippen molar-refractivity contribution in [2.45, 2.75) is 115 Å². The van der Waals surface area contributed by atoms with E-state index in [1.54, 1.807) is 0 Å². The second-order valence-electron chi connectivity index (χ2n) is 11.7. The van der Waals surface area contributed by atoms with Crippen LogP contribution in [0.15, 0.2) is 11.1 Å². The van der Waals surface area contributed by atoms with E-state index in [-0.39, 0.29) is 37.4 Å². The fourth-order valence-corrected chi connectivity index (χ4v) is 6.91. The maximum absolute atomic E-state index is 13.9. The normalized spacial score (nSPS) is 35.9. The monoisotopic (exact) mass is 518 g/mol. The number of aliphatic hydroxyl groups excluding tert-OH is 1. The molecule has 0 bridgehead atoms. The molecule has 6 atom stereocenters. The van der Waals surface area contributed by atoms with E-state index in [9.17, 15) is 19.5 Å². The van der Waals surface area contributed by atoms with Crippen LogP contribution in [0, 0.1) is 17.8 Å². The van der Waals surface area contributed by atoms with Gasteiger partial charge >= 0.3 is 5.97 Å². The Hall–Kier alpha value is -1.61. The van der Waals surface area contributed by atoms with Gasteiger partial charge in [-0.1, -0.05) is 44.6 Å². The molecule has 0 radical (unpaired) electrons. The van der Waals surface area contributed by atoms with Crippen molar-refractivity contribution in [1.29, 1.82) is 0 Å². The molecule has 4 rings (SSSR count). The van der Waals surface area contributed by atoms with E-state index >= 15 is 0 Å². The van der Waals surface area contributed by atoms with Crippen molar-refractivity contribution in [2.24, 2.45) is 23.5 Å². The van der Waals surface area contributed by atoms with Crippen molar-refractivity contribution < 1.29 is 29.0 Å². The molecule has 0 aromatic heterocycles. The predicted molar refractivity (Wildman–Crippen MR) is 139 cm³/mol. The zero-order valence-electron chi connectivity index (χ0n) is 22.7. The first kappa shape index (κ1) is 28.4. The number of nitrogens with one attached hydrogen (secondary N) is 1. The lowest BCUT2D eigenvalue weighted by molar-refractivity contribution is -0.158. The predicted octanol–water partition coefficient (Wildman–Crippen LogP) is 3.34. The molecule has 4 N–H and O–H groups in total. The number of hydrogen-bond donors (Lipinski definition) is 3. The Kier molecular flexibility index (Phi) is 9.25. The molecule has 2 saturated carbocycles. The van der Waals surface area contributed by atoms with Gasteiger partial charge in [0.15, 0.2) is 17.2 Å². The summed E-state index contributed by atoms with van der Waals surface area (Å²) in [5, 5.41) is 13.6. The van der Waals surface area contributed by atoms with Crippen LogP contribution in [-0.4, -0.2) is 59.8 Å². The smallest absolute Gasteiger partial charge is 0.349 e. The minimum atomic E-state index is -1.85. The Labute approximate surface area is 221 Å². The van der Waals surface area contributed by atoms with E-state index in [0.717, 1.165) is 76.3 Å². The minimum Gasteiger partial charge on any atom is -0.463 e. The van der Waals surface area contributed by atoms with Gasteiger partial charge in [-0.3, -0.25) is 9.59 Å². The summed E-state index contributed by atoms with van der Waals surface area (Å²) in [6, 6.07) is 0. The number of epoxide rings is 1. The molecule has 4 aliphatic rings. The zero-order valence-corrected chi connectivity index (χ0v) is 22.7. The molecule has 208 valence electrons. The second kappa shape index (κ2) is 12.1. The fraction of sp³-hybridized carbons (Fsp3) is 0.828. The average Bonchev–Trinajstić information content (AvgIpc) is 3.60. The topological polar surface area (TPSA) is 131 Å². The summed E-state index contributed by atoms with van der Waals surface area (Å²) in [4.78, 5) is 41.1. The van der Waals surface area contributed by atoms with Crippen LogP contribution in [0.2, 0.25) is 0 Å². The Balaban J connectivity index is 1.53. The molecule has 4 fully saturated rings. The summed E-state index contributed by atoms with van der Waals surface area (Å²) >= 11 is 0. The molecule has 2 heterocycles. The molecular weight excluding hydrogens is 472 g/mol. The molecule has 2 saturated heterocycles. The van der Waals surface area contributed by atoms with Gasteiger partial charge in [0, 0.05) is 18.3 Å². The van der Waals surface area contributed by atoms with Crippen LogP contribution in [0.3, 0.4) is 0 Å². The number of allylic oxidation sites excluding steroid dienone is 1. The number of Topliss-reactive ketones (excluding diaryl/α,β-unsaturated/α-hetero) is 2. The lowest BCUT2D eigenvalue weighted by atomic mass is 9.60. The van der Waals surface area contributed by atoms with E-state index in [1.165, 1.54) is 0 Å². The van der Waals surface area contributed by atoms with Crippen LogP contribution in [0.4, 0.5) is 0 Å². The number of unbranched alkanes of at least 4 members (excludes halogenated alkanes) is 3. The molecule has 0 amide bonds. The summed E-state index contributed by atoms with van der Waals surface area (Å²) in [5.41, 5.74) is 4.34. The van der Waals surface area contributed by atoms with Crippen molar-refractivity contribution in [2.75, 3.05) is 19.8 Å². The maximum Gasteiger partial charge on any atom is 0.349 e. The van der Waals surface area contributed by atoms with Crippen molar-refractivity contribution in [3.63, 3.8) is 0 Å². The highest BCUT2D eigenvalue weighted by Gasteiger charge is 2.87. The second-order valence-corrected chi connectivity index (χ2v) is 11.7. The third-order valence-electron chi connectivity index (χ3n) is 9.29. The van der Waals surface area contributed by atoms with E-state index < -0.39 is 29.0 Å². The van der Waals surface area contributed by atoms with E-state index in [4.69, 9.17) is 15.2 Å².